The standard InChI is InChI=1S/C16H17NO4/c1-21-12-6-4-11(5-7-12)17-15(18)13-9-2-3-10(8-9)14(13)16(19)20/h2-7,9-10,13-14H,8H2,1H3,(H,17,18)(H,19,20)/t9-,10-,13+,14+/m0/s1. The van der Waals surface area contributed by atoms with Crippen LogP contribution < -0.4 is 10.1 Å². The first kappa shape index (κ1) is 13.7. The van der Waals surface area contributed by atoms with Crippen molar-refractivity contribution >= 4 is 17.6 Å². The topological polar surface area (TPSA) is 75.6 Å². The highest BCUT2D eigenvalue weighted by molar-refractivity contribution is 5.96. The van der Waals surface area contributed by atoms with E-state index in [0.717, 1.165) is 6.42 Å². The number of fused-ring (bicyclic) bond motifs is 2. The van der Waals surface area contributed by atoms with E-state index >= 15 is 0 Å². The quantitative estimate of drug-likeness (QED) is 0.832. The van der Waals surface area contributed by atoms with Crippen molar-refractivity contribution < 1.29 is 19.4 Å². The van der Waals surface area contributed by atoms with Crippen LogP contribution >= 0.6 is 0 Å². The minimum absolute atomic E-state index is 0.0147. The molecule has 110 valence electrons. The molecule has 21 heavy (non-hydrogen) atoms. The van der Waals surface area contributed by atoms with Gasteiger partial charge in [0.05, 0.1) is 18.9 Å². The van der Waals surface area contributed by atoms with Gasteiger partial charge in [-0.05, 0) is 42.5 Å². The molecule has 2 aliphatic carbocycles. The van der Waals surface area contributed by atoms with Crippen LogP contribution in [-0.4, -0.2) is 24.1 Å². The predicted octanol–water partition coefficient (Wildman–Crippen LogP) is 2.16. The van der Waals surface area contributed by atoms with Crippen molar-refractivity contribution in [2.24, 2.45) is 23.7 Å². The number of carboxylic acid groups (broad SMARTS) is 1. The monoisotopic (exact) mass is 287 g/mol. The Hall–Kier alpha value is -2.30. The fourth-order valence-corrected chi connectivity index (χ4v) is 3.42. The highest BCUT2D eigenvalue weighted by Crippen LogP contribution is 2.48. The number of anilines is 1. The summed E-state index contributed by atoms with van der Waals surface area (Å²) < 4.78 is 5.06. The molecule has 0 unspecified atom stereocenters. The molecule has 0 aromatic heterocycles. The summed E-state index contributed by atoms with van der Waals surface area (Å²) in [5, 5.41) is 12.2. The molecule has 0 heterocycles. The van der Waals surface area contributed by atoms with Crippen LogP contribution in [0, 0.1) is 23.7 Å². The van der Waals surface area contributed by atoms with Gasteiger partial charge < -0.3 is 15.2 Å². The highest BCUT2D eigenvalue weighted by Gasteiger charge is 2.51. The molecule has 4 atom stereocenters. The van der Waals surface area contributed by atoms with Crippen molar-refractivity contribution in [3.8, 4) is 5.75 Å². The maximum atomic E-state index is 12.4. The van der Waals surface area contributed by atoms with E-state index in [4.69, 9.17) is 4.74 Å². The molecule has 5 nitrogen and oxygen atoms in total. The SMILES string of the molecule is COc1ccc(NC(=O)[C@H]2[C@H](C(=O)O)[C@H]3C=C[C@H]2C3)cc1. The number of benzene rings is 1. The summed E-state index contributed by atoms with van der Waals surface area (Å²) in [5.74, 6) is -1.48. The Morgan fingerprint density at radius 3 is 2.33 bits per heavy atom. The summed E-state index contributed by atoms with van der Waals surface area (Å²) in [6.07, 6.45) is 4.67. The minimum atomic E-state index is -0.887. The number of aliphatic carboxylic acids is 1. The van der Waals surface area contributed by atoms with E-state index in [1.807, 2.05) is 12.2 Å². The zero-order valence-corrected chi connectivity index (χ0v) is 11.7. The fraction of sp³-hybridized carbons (Fsp3) is 0.375. The smallest absolute Gasteiger partial charge is 0.307 e. The van der Waals surface area contributed by atoms with Crippen molar-refractivity contribution in [2.45, 2.75) is 6.42 Å². The van der Waals surface area contributed by atoms with Crippen LogP contribution in [0.2, 0.25) is 0 Å². The number of amides is 1. The van der Waals surface area contributed by atoms with E-state index in [0.29, 0.717) is 11.4 Å². The molecule has 1 amide bonds. The maximum Gasteiger partial charge on any atom is 0.307 e. The van der Waals surface area contributed by atoms with E-state index in [9.17, 15) is 14.7 Å². The molecular weight excluding hydrogens is 270 g/mol. The highest BCUT2D eigenvalue weighted by atomic mass is 16.5. The van der Waals surface area contributed by atoms with E-state index < -0.39 is 17.8 Å². The number of methoxy groups -OCH3 is 1. The summed E-state index contributed by atoms with van der Waals surface area (Å²) in [5.41, 5.74) is 0.650. The zero-order chi connectivity index (χ0) is 15.0. The number of rotatable bonds is 4. The molecule has 5 heteroatoms. The number of carbonyl (C=O) groups is 2. The van der Waals surface area contributed by atoms with Gasteiger partial charge in [-0.15, -0.1) is 0 Å². The predicted molar refractivity (Wildman–Crippen MR) is 77.0 cm³/mol. The van der Waals surface area contributed by atoms with E-state index in [2.05, 4.69) is 5.32 Å². The average Bonchev–Trinajstić information content (AvgIpc) is 3.08. The Kier molecular flexibility index (Phi) is 3.41. The second-order valence-corrected chi connectivity index (χ2v) is 5.56. The average molecular weight is 287 g/mol. The summed E-state index contributed by atoms with van der Waals surface area (Å²) >= 11 is 0. The normalized spacial score (nSPS) is 29.4. The molecule has 0 saturated heterocycles. The lowest BCUT2D eigenvalue weighted by atomic mass is 9.82. The third-order valence-electron chi connectivity index (χ3n) is 4.40. The van der Waals surface area contributed by atoms with Crippen LogP contribution in [0.4, 0.5) is 5.69 Å². The zero-order valence-electron chi connectivity index (χ0n) is 11.7. The first-order valence-electron chi connectivity index (χ1n) is 6.96. The molecule has 1 aromatic rings. The minimum Gasteiger partial charge on any atom is -0.497 e. The molecule has 0 spiro atoms. The molecule has 2 bridgehead atoms. The van der Waals surface area contributed by atoms with Crippen molar-refractivity contribution in [2.75, 3.05) is 12.4 Å². The largest absolute Gasteiger partial charge is 0.497 e. The molecule has 2 N–H and O–H groups in total. The summed E-state index contributed by atoms with van der Waals surface area (Å²) in [4.78, 5) is 23.8. The van der Waals surface area contributed by atoms with Crippen molar-refractivity contribution in [1.29, 1.82) is 0 Å². The van der Waals surface area contributed by atoms with Gasteiger partial charge in [-0.2, -0.15) is 0 Å². The molecule has 2 aliphatic rings. The second-order valence-electron chi connectivity index (χ2n) is 5.56. The van der Waals surface area contributed by atoms with Crippen molar-refractivity contribution in [1.82, 2.24) is 0 Å². The molecule has 1 saturated carbocycles. The van der Waals surface area contributed by atoms with Crippen molar-refractivity contribution in [3.63, 3.8) is 0 Å². The molecule has 0 aliphatic heterocycles. The first-order valence-corrected chi connectivity index (χ1v) is 6.96. The lowest BCUT2D eigenvalue weighted by Crippen LogP contribution is -2.36. The Bertz CT molecular complexity index is 593. The number of ether oxygens (including phenoxy) is 1. The van der Waals surface area contributed by atoms with Gasteiger partial charge >= 0.3 is 5.97 Å². The van der Waals surface area contributed by atoms with Gasteiger partial charge in [-0.1, -0.05) is 12.2 Å². The molecule has 1 aromatic carbocycles. The van der Waals surface area contributed by atoms with Crippen LogP contribution in [0.25, 0.3) is 0 Å². The number of carboxylic acids is 1. The van der Waals surface area contributed by atoms with Crippen LogP contribution in [0.1, 0.15) is 6.42 Å². The number of nitrogens with one attached hydrogen (secondary N) is 1. The summed E-state index contributed by atoms with van der Waals surface area (Å²) in [6, 6.07) is 7.00. The van der Waals surface area contributed by atoms with E-state index in [-0.39, 0.29) is 17.7 Å². The molecule has 0 radical (unpaired) electrons. The van der Waals surface area contributed by atoms with Gasteiger partial charge in [0.15, 0.2) is 0 Å². The lowest BCUT2D eigenvalue weighted by molar-refractivity contribution is -0.146. The van der Waals surface area contributed by atoms with Crippen LogP contribution in [0.5, 0.6) is 5.75 Å². The first-order chi connectivity index (χ1) is 10.1. The number of hydrogen-bond donors (Lipinski definition) is 2. The molecule has 3 rings (SSSR count). The second kappa shape index (κ2) is 5.24. The Morgan fingerprint density at radius 1 is 1.14 bits per heavy atom. The van der Waals surface area contributed by atoms with Gasteiger partial charge in [-0.25, -0.2) is 0 Å². The number of carbonyl (C=O) groups excluding carboxylic acids is 1. The summed E-state index contributed by atoms with van der Waals surface area (Å²) in [7, 11) is 1.58. The number of allylic oxidation sites excluding steroid dienone is 2. The molecular formula is C16H17NO4. The van der Waals surface area contributed by atoms with E-state index in [1.54, 1.807) is 31.4 Å². The Balaban J connectivity index is 1.75. The fourth-order valence-electron chi connectivity index (χ4n) is 3.42. The third kappa shape index (κ3) is 2.39. The number of hydrogen-bond acceptors (Lipinski definition) is 3. The summed E-state index contributed by atoms with van der Waals surface area (Å²) in [6.45, 7) is 0. The maximum absolute atomic E-state index is 12.4. The van der Waals surface area contributed by atoms with Gasteiger partial charge in [0.25, 0.3) is 0 Å². The third-order valence-corrected chi connectivity index (χ3v) is 4.40. The van der Waals surface area contributed by atoms with Gasteiger partial charge in [0.1, 0.15) is 5.75 Å². The lowest BCUT2D eigenvalue weighted by Gasteiger charge is -2.23. The van der Waals surface area contributed by atoms with Crippen LogP contribution in [-0.2, 0) is 9.59 Å². The van der Waals surface area contributed by atoms with Crippen LogP contribution in [0.3, 0.4) is 0 Å². The molecule has 1 fully saturated rings. The van der Waals surface area contributed by atoms with Crippen molar-refractivity contribution in [3.05, 3.63) is 36.4 Å². The van der Waals surface area contributed by atoms with Gasteiger partial charge in [0, 0.05) is 5.69 Å². The van der Waals surface area contributed by atoms with E-state index in [1.165, 1.54) is 0 Å². The van der Waals surface area contributed by atoms with Gasteiger partial charge in [-0.3, -0.25) is 9.59 Å². The Labute approximate surface area is 122 Å². The Morgan fingerprint density at radius 2 is 1.76 bits per heavy atom. The van der Waals surface area contributed by atoms with Crippen LogP contribution in [0.15, 0.2) is 36.4 Å². The van der Waals surface area contributed by atoms with Gasteiger partial charge in [0.2, 0.25) is 5.91 Å².